The minimum Gasteiger partial charge on any atom is -0.467 e. The monoisotopic (exact) mass is 290 g/mol. The van der Waals surface area contributed by atoms with Gasteiger partial charge in [0.2, 0.25) is 0 Å². The number of rotatable bonds is 4. The van der Waals surface area contributed by atoms with Gasteiger partial charge in [0.05, 0.1) is 14.2 Å². The van der Waals surface area contributed by atoms with Crippen LogP contribution in [-0.2, 0) is 27.7 Å². The Labute approximate surface area is 122 Å². The number of amides is 1. The lowest BCUT2D eigenvalue weighted by molar-refractivity contribution is -0.142. The van der Waals surface area contributed by atoms with Crippen LogP contribution in [0.1, 0.15) is 5.56 Å². The Bertz CT molecular complexity index is 663. The van der Waals surface area contributed by atoms with Gasteiger partial charge in [0.1, 0.15) is 6.04 Å². The molecule has 1 aromatic carbocycles. The third kappa shape index (κ3) is 3.16. The lowest BCUT2D eigenvalue weighted by Gasteiger charge is -2.15. The first kappa shape index (κ1) is 14.9. The molecule has 2 rings (SSSR count). The fourth-order valence-corrected chi connectivity index (χ4v) is 2.34. The van der Waals surface area contributed by atoms with Crippen LogP contribution in [0.25, 0.3) is 10.9 Å². The summed E-state index contributed by atoms with van der Waals surface area (Å²) in [4.78, 5) is 23.2. The Hall–Kier alpha value is -2.50. The maximum Gasteiger partial charge on any atom is 0.407 e. The van der Waals surface area contributed by atoms with Crippen LogP contribution in [0.4, 0.5) is 4.79 Å². The molecule has 112 valence electrons. The predicted octanol–water partition coefficient (Wildman–Crippen LogP) is 1.62. The van der Waals surface area contributed by atoms with Crippen molar-refractivity contribution in [3.05, 3.63) is 36.0 Å². The van der Waals surface area contributed by atoms with E-state index in [1.807, 2.05) is 42.1 Å². The van der Waals surface area contributed by atoms with E-state index in [9.17, 15) is 9.59 Å². The van der Waals surface area contributed by atoms with Crippen molar-refractivity contribution in [2.75, 3.05) is 14.2 Å². The average Bonchev–Trinajstić information content (AvgIpc) is 2.82. The summed E-state index contributed by atoms with van der Waals surface area (Å²) in [5, 5.41) is 3.54. The molecule has 0 fully saturated rings. The number of hydrogen-bond acceptors (Lipinski definition) is 4. The molecule has 0 bridgehead atoms. The van der Waals surface area contributed by atoms with Crippen molar-refractivity contribution in [2.24, 2.45) is 7.05 Å². The summed E-state index contributed by atoms with van der Waals surface area (Å²) in [5.74, 6) is -0.506. The number of methoxy groups -OCH3 is 2. The fraction of sp³-hybridized carbons (Fsp3) is 0.333. The molecule has 1 amide bonds. The van der Waals surface area contributed by atoms with Gasteiger partial charge in [0.15, 0.2) is 0 Å². The molecule has 0 saturated carbocycles. The number of fused-ring (bicyclic) bond motifs is 1. The first-order chi connectivity index (χ1) is 10.1. The number of carbonyl (C=O) groups excluding carboxylic acids is 2. The summed E-state index contributed by atoms with van der Waals surface area (Å²) >= 11 is 0. The van der Waals surface area contributed by atoms with Gasteiger partial charge in [-0.1, -0.05) is 18.2 Å². The first-order valence-electron chi connectivity index (χ1n) is 6.52. The van der Waals surface area contributed by atoms with E-state index >= 15 is 0 Å². The number of alkyl carbamates (subject to hydrolysis) is 1. The molecule has 0 aliphatic rings. The Kier molecular flexibility index (Phi) is 4.47. The maximum atomic E-state index is 11.8. The van der Waals surface area contributed by atoms with E-state index in [0.29, 0.717) is 6.42 Å². The summed E-state index contributed by atoms with van der Waals surface area (Å²) < 4.78 is 11.3. The average molecular weight is 290 g/mol. The van der Waals surface area contributed by atoms with Gasteiger partial charge >= 0.3 is 12.1 Å². The Morgan fingerprint density at radius 3 is 2.62 bits per heavy atom. The van der Waals surface area contributed by atoms with Crippen LogP contribution >= 0.6 is 0 Å². The second kappa shape index (κ2) is 6.30. The Morgan fingerprint density at radius 2 is 1.95 bits per heavy atom. The zero-order valence-corrected chi connectivity index (χ0v) is 12.3. The third-order valence-electron chi connectivity index (χ3n) is 3.37. The van der Waals surface area contributed by atoms with Gasteiger partial charge in [0, 0.05) is 30.6 Å². The minimum absolute atomic E-state index is 0.336. The van der Waals surface area contributed by atoms with Crippen molar-refractivity contribution in [2.45, 2.75) is 12.5 Å². The Balaban J connectivity index is 2.30. The number of nitrogens with zero attached hydrogens (tertiary/aromatic N) is 1. The number of carbonyl (C=O) groups is 2. The van der Waals surface area contributed by atoms with Crippen LogP contribution in [0.2, 0.25) is 0 Å². The molecule has 0 aliphatic heterocycles. The van der Waals surface area contributed by atoms with Gasteiger partial charge < -0.3 is 19.4 Å². The molecule has 0 saturated heterocycles. The van der Waals surface area contributed by atoms with E-state index in [0.717, 1.165) is 16.5 Å². The summed E-state index contributed by atoms with van der Waals surface area (Å²) in [7, 11) is 4.48. The molecule has 0 spiro atoms. The molecule has 1 heterocycles. The van der Waals surface area contributed by atoms with Crippen molar-refractivity contribution in [1.82, 2.24) is 9.88 Å². The third-order valence-corrected chi connectivity index (χ3v) is 3.37. The van der Waals surface area contributed by atoms with Crippen LogP contribution in [0.15, 0.2) is 30.5 Å². The van der Waals surface area contributed by atoms with Gasteiger partial charge in [-0.3, -0.25) is 0 Å². The van der Waals surface area contributed by atoms with Crippen molar-refractivity contribution in [3.63, 3.8) is 0 Å². The number of benzene rings is 1. The van der Waals surface area contributed by atoms with Crippen molar-refractivity contribution >= 4 is 23.0 Å². The highest BCUT2D eigenvalue weighted by atomic mass is 16.5. The molecular formula is C15H18N2O4. The quantitative estimate of drug-likeness (QED) is 0.869. The molecule has 2 aromatic rings. The summed E-state index contributed by atoms with van der Waals surface area (Å²) in [6, 6.07) is 7.09. The highest BCUT2D eigenvalue weighted by Crippen LogP contribution is 2.21. The second-order valence-electron chi connectivity index (χ2n) is 4.70. The maximum absolute atomic E-state index is 11.8. The summed E-state index contributed by atoms with van der Waals surface area (Å²) in [6.07, 6.45) is 1.62. The van der Waals surface area contributed by atoms with E-state index in [4.69, 9.17) is 4.74 Å². The van der Waals surface area contributed by atoms with Gasteiger partial charge in [0.25, 0.3) is 0 Å². The van der Waals surface area contributed by atoms with E-state index in [-0.39, 0.29) is 0 Å². The standard InChI is InChI=1S/C15H18N2O4/c1-17-9-10(11-6-4-5-7-13(11)17)8-12(14(18)20-2)16-15(19)21-3/h4-7,9,12H,8H2,1-3H3,(H,16,19)/t12-/m0/s1. The lowest BCUT2D eigenvalue weighted by atomic mass is 10.1. The molecule has 0 radical (unpaired) electrons. The van der Waals surface area contributed by atoms with Crippen LogP contribution < -0.4 is 5.32 Å². The van der Waals surface area contributed by atoms with E-state index in [1.165, 1.54) is 14.2 Å². The zero-order chi connectivity index (χ0) is 15.4. The van der Waals surface area contributed by atoms with Crippen LogP contribution in [0, 0.1) is 0 Å². The summed E-state index contributed by atoms with van der Waals surface area (Å²) in [5.41, 5.74) is 2.02. The van der Waals surface area contributed by atoms with Crippen LogP contribution in [-0.4, -0.2) is 36.9 Å². The van der Waals surface area contributed by atoms with Gasteiger partial charge in [-0.25, -0.2) is 9.59 Å². The molecule has 0 aliphatic carbocycles. The number of para-hydroxylation sites is 1. The second-order valence-corrected chi connectivity index (χ2v) is 4.70. The number of aryl methyl sites for hydroxylation is 1. The molecular weight excluding hydrogens is 272 g/mol. The fourth-order valence-electron chi connectivity index (χ4n) is 2.34. The van der Waals surface area contributed by atoms with E-state index < -0.39 is 18.1 Å². The number of nitrogens with one attached hydrogen (secondary N) is 1. The largest absolute Gasteiger partial charge is 0.467 e. The van der Waals surface area contributed by atoms with Crippen LogP contribution in [0.5, 0.6) is 0 Å². The van der Waals surface area contributed by atoms with Crippen LogP contribution in [0.3, 0.4) is 0 Å². The molecule has 1 aromatic heterocycles. The molecule has 6 nitrogen and oxygen atoms in total. The van der Waals surface area contributed by atoms with Gasteiger partial charge in [-0.05, 0) is 11.6 Å². The lowest BCUT2D eigenvalue weighted by Crippen LogP contribution is -2.42. The highest BCUT2D eigenvalue weighted by molar-refractivity contribution is 5.86. The minimum atomic E-state index is -0.784. The highest BCUT2D eigenvalue weighted by Gasteiger charge is 2.23. The molecule has 6 heteroatoms. The van der Waals surface area contributed by atoms with Gasteiger partial charge in [-0.15, -0.1) is 0 Å². The topological polar surface area (TPSA) is 69.6 Å². The number of aromatic nitrogens is 1. The normalized spacial score (nSPS) is 12.0. The predicted molar refractivity (Wildman–Crippen MR) is 78.0 cm³/mol. The number of hydrogen-bond donors (Lipinski definition) is 1. The zero-order valence-electron chi connectivity index (χ0n) is 12.3. The SMILES string of the molecule is COC(=O)N[C@@H](Cc1cn(C)c2ccccc12)C(=O)OC. The van der Waals surface area contributed by atoms with E-state index in [1.54, 1.807) is 0 Å². The van der Waals surface area contributed by atoms with E-state index in [2.05, 4.69) is 10.1 Å². The number of ether oxygens (including phenoxy) is 2. The molecule has 1 atom stereocenters. The first-order valence-corrected chi connectivity index (χ1v) is 6.52. The Morgan fingerprint density at radius 1 is 1.24 bits per heavy atom. The molecule has 21 heavy (non-hydrogen) atoms. The summed E-state index contributed by atoms with van der Waals surface area (Å²) in [6.45, 7) is 0. The van der Waals surface area contributed by atoms with Crippen molar-refractivity contribution in [1.29, 1.82) is 0 Å². The molecule has 0 unspecified atom stereocenters. The number of esters is 1. The van der Waals surface area contributed by atoms with Crippen molar-refractivity contribution < 1.29 is 19.1 Å². The molecule has 1 N–H and O–H groups in total. The van der Waals surface area contributed by atoms with Gasteiger partial charge in [-0.2, -0.15) is 0 Å². The van der Waals surface area contributed by atoms with Crippen molar-refractivity contribution in [3.8, 4) is 0 Å². The smallest absolute Gasteiger partial charge is 0.407 e.